The van der Waals surface area contributed by atoms with Crippen molar-refractivity contribution in [1.82, 2.24) is 20.2 Å². The average molecular weight is 302 g/mol. The molecule has 1 saturated heterocycles. The fourth-order valence-corrected chi connectivity index (χ4v) is 2.13. The van der Waals surface area contributed by atoms with Crippen LogP contribution in [-0.2, 0) is 19.8 Å². The highest BCUT2D eigenvalue weighted by atomic mass is 16.2. The smallest absolute Gasteiger partial charge is 0.277 e. The van der Waals surface area contributed by atoms with Crippen molar-refractivity contribution >= 4 is 23.8 Å². The number of nitrogens with one attached hydrogen (secondary N) is 2. The fourth-order valence-electron chi connectivity index (χ4n) is 2.13. The lowest BCUT2D eigenvalue weighted by atomic mass is 9.88. The Kier molecular flexibility index (Phi) is 3.99. The second-order valence-corrected chi connectivity index (χ2v) is 5.61. The van der Waals surface area contributed by atoms with Crippen LogP contribution in [0, 0.1) is 0 Å². The van der Waals surface area contributed by atoms with Crippen LogP contribution in [0.15, 0.2) is 24.7 Å². The minimum Gasteiger partial charge on any atom is -0.347 e. The van der Waals surface area contributed by atoms with Gasteiger partial charge < -0.3 is 10.3 Å². The zero-order chi connectivity index (χ0) is 16.5. The van der Waals surface area contributed by atoms with Crippen molar-refractivity contribution in [3.05, 3.63) is 36.1 Å². The molecule has 0 bridgehead atoms. The summed E-state index contributed by atoms with van der Waals surface area (Å²) in [6.45, 7) is 8.64. The molecule has 1 fully saturated rings. The van der Waals surface area contributed by atoms with Crippen LogP contribution in [0.3, 0.4) is 0 Å². The second kappa shape index (κ2) is 5.59. The van der Waals surface area contributed by atoms with Gasteiger partial charge >= 0.3 is 0 Å². The second-order valence-electron chi connectivity index (χ2n) is 5.61. The summed E-state index contributed by atoms with van der Waals surface area (Å²) in [5.41, 5.74) is 0.917. The number of nitrogens with zero attached hydrogens (tertiary/aromatic N) is 2. The fraction of sp³-hybridized carbons (Fsp3) is 0.333. The molecule has 0 aromatic carbocycles. The van der Waals surface area contributed by atoms with Crippen LogP contribution in [0.25, 0.3) is 6.08 Å². The number of hydrogen-bond acceptors (Lipinski definition) is 4. The Balaban J connectivity index is 2.43. The van der Waals surface area contributed by atoms with Crippen molar-refractivity contribution in [2.45, 2.75) is 26.2 Å². The molecule has 0 atom stereocenters. The van der Waals surface area contributed by atoms with E-state index in [9.17, 15) is 14.4 Å². The first kappa shape index (κ1) is 15.7. The van der Waals surface area contributed by atoms with Gasteiger partial charge in [0, 0.05) is 12.3 Å². The third kappa shape index (κ3) is 2.83. The number of carbonyl (C=O) groups excluding carboxylic acids is 3. The largest absolute Gasteiger partial charge is 0.347 e. The van der Waals surface area contributed by atoms with E-state index in [2.05, 4.69) is 21.9 Å². The molecule has 1 aliphatic rings. The Morgan fingerprint density at radius 2 is 2.14 bits per heavy atom. The summed E-state index contributed by atoms with van der Waals surface area (Å²) in [6, 6.07) is 0. The number of H-pyrrole nitrogens is 1. The molecule has 2 N–H and O–H groups in total. The van der Waals surface area contributed by atoms with Gasteiger partial charge in [-0.2, -0.15) is 0 Å². The van der Waals surface area contributed by atoms with E-state index in [1.165, 1.54) is 19.3 Å². The lowest BCUT2D eigenvalue weighted by Crippen LogP contribution is -2.51. The van der Waals surface area contributed by atoms with Crippen LogP contribution in [0.4, 0.5) is 0 Å². The predicted molar refractivity (Wildman–Crippen MR) is 80.3 cm³/mol. The van der Waals surface area contributed by atoms with Crippen LogP contribution in [0.2, 0.25) is 0 Å². The van der Waals surface area contributed by atoms with Crippen LogP contribution in [-0.4, -0.2) is 39.1 Å². The quantitative estimate of drug-likeness (QED) is 0.635. The molecule has 0 aliphatic carbocycles. The topological polar surface area (TPSA) is 95.2 Å². The Labute approximate surface area is 128 Å². The molecular formula is C15H18N4O3. The number of carbonyl (C=O) groups is 3. The SMILES string of the molecule is C=CC(C)(C)c1[nH]cnc1C=C1NC(=O)CN(C(C)=O)C1=O. The summed E-state index contributed by atoms with van der Waals surface area (Å²) in [4.78, 5) is 43.4. The van der Waals surface area contributed by atoms with Crippen molar-refractivity contribution < 1.29 is 14.4 Å². The molecule has 2 rings (SSSR count). The van der Waals surface area contributed by atoms with Crippen LogP contribution >= 0.6 is 0 Å². The maximum atomic E-state index is 12.2. The van der Waals surface area contributed by atoms with Gasteiger partial charge in [0.2, 0.25) is 11.8 Å². The van der Waals surface area contributed by atoms with Gasteiger partial charge in [0.1, 0.15) is 12.2 Å². The molecule has 22 heavy (non-hydrogen) atoms. The van der Waals surface area contributed by atoms with E-state index in [0.29, 0.717) is 5.69 Å². The van der Waals surface area contributed by atoms with Crippen LogP contribution < -0.4 is 5.32 Å². The van der Waals surface area contributed by atoms with E-state index < -0.39 is 17.7 Å². The summed E-state index contributed by atoms with van der Waals surface area (Å²) >= 11 is 0. The number of imidazole rings is 1. The van der Waals surface area contributed by atoms with Gasteiger partial charge in [-0.1, -0.05) is 19.9 Å². The average Bonchev–Trinajstić information content (AvgIpc) is 2.91. The summed E-state index contributed by atoms with van der Waals surface area (Å²) in [5, 5.41) is 2.48. The molecule has 1 aromatic rings. The Morgan fingerprint density at radius 1 is 1.45 bits per heavy atom. The zero-order valence-corrected chi connectivity index (χ0v) is 12.8. The monoisotopic (exact) mass is 302 g/mol. The Bertz CT molecular complexity index is 685. The Hall–Kier alpha value is -2.70. The van der Waals surface area contributed by atoms with Crippen LogP contribution in [0.1, 0.15) is 32.2 Å². The molecule has 7 nitrogen and oxygen atoms in total. The minimum absolute atomic E-state index is 0.0275. The van der Waals surface area contributed by atoms with E-state index in [1.54, 1.807) is 6.08 Å². The number of hydrogen-bond donors (Lipinski definition) is 2. The van der Waals surface area contributed by atoms with E-state index in [1.807, 2.05) is 13.8 Å². The van der Waals surface area contributed by atoms with Gasteiger partial charge in [0.15, 0.2) is 0 Å². The Morgan fingerprint density at radius 3 is 2.73 bits per heavy atom. The highest BCUT2D eigenvalue weighted by molar-refractivity contribution is 6.12. The maximum absolute atomic E-state index is 12.2. The van der Waals surface area contributed by atoms with Gasteiger partial charge in [-0.25, -0.2) is 4.98 Å². The molecule has 1 aromatic heterocycles. The van der Waals surface area contributed by atoms with Crippen molar-refractivity contribution in [3.8, 4) is 0 Å². The number of piperazine rings is 1. The first-order valence-corrected chi connectivity index (χ1v) is 6.77. The zero-order valence-electron chi connectivity index (χ0n) is 12.8. The minimum atomic E-state index is -0.544. The van der Waals surface area contributed by atoms with Crippen molar-refractivity contribution in [1.29, 1.82) is 0 Å². The number of rotatable bonds is 3. The highest BCUT2D eigenvalue weighted by Crippen LogP contribution is 2.26. The number of aromatic amines is 1. The molecule has 2 heterocycles. The lowest BCUT2D eigenvalue weighted by Gasteiger charge is -2.25. The molecule has 0 spiro atoms. The van der Waals surface area contributed by atoms with Crippen molar-refractivity contribution in [3.63, 3.8) is 0 Å². The van der Waals surface area contributed by atoms with E-state index in [0.717, 1.165) is 10.6 Å². The molecular weight excluding hydrogens is 284 g/mol. The van der Waals surface area contributed by atoms with Gasteiger partial charge in [-0.05, 0) is 6.08 Å². The maximum Gasteiger partial charge on any atom is 0.277 e. The molecule has 0 radical (unpaired) electrons. The summed E-state index contributed by atoms with van der Waals surface area (Å²) in [7, 11) is 0. The highest BCUT2D eigenvalue weighted by Gasteiger charge is 2.31. The first-order valence-electron chi connectivity index (χ1n) is 6.77. The number of amides is 3. The lowest BCUT2D eigenvalue weighted by molar-refractivity contribution is -0.147. The van der Waals surface area contributed by atoms with Crippen molar-refractivity contribution in [2.75, 3.05) is 6.54 Å². The van der Waals surface area contributed by atoms with Gasteiger partial charge in [0.05, 0.1) is 17.7 Å². The van der Waals surface area contributed by atoms with E-state index in [4.69, 9.17) is 0 Å². The van der Waals surface area contributed by atoms with E-state index in [-0.39, 0.29) is 17.7 Å². The molecule has 3 amide bonds. The normalized spacial score (nSPS) is 17.6. The third-order valence-electron chi connectivity index (χ3n) is 3.54. The van der Waals surface area contributed by atoms with Crippen LogP contribution in [0.5, 0.6) is 0 Å². The predicted octanol–water partition coefficient (Wildman–Crippen LogP) is 0.719. The number of allylic oxidation sites excluding steroid dienone is 1. The van der Waals surface area contributed by atoms with Gasteiger partial charge in [-0.3, -0.25) is 19.3 Å². The van der Waals surface area contributed by atoms with E-state index >= 15 is 0 Å². The summed E-state index contributed by atoms with van der Waals surface area (Å²) < 4.78 is 0. The summed E-state index contributed by atoms with van der Waals surface area (Å²) in [6.07, 6.45) is 4.73. The summed E-state index contributed by atoms with van der Waals surface area (Å²) in [5.74, 6) is -1.43. The first-order chi connectivity index (χ1) is 10.3. The number of imide groups is 1. The third-order valence-corrected chi connectivity index (χ3v) is 3.54. The molecule has 0 unspecified atom stereocenters. The van der Waals surface area contributed by atoms with Gasteiger partial charge in [0.25, 0.3) is 5.91 Å². The van der Waals surface area contributed by atoms with Crippen molar-refractivity contribution in [2.24, 2.45) is 0 Å². The number of aromatic nitrogens is 2. The standard InChI is InChI=1S/C15H18N4O3/c1-5-15(3,4)13-10(16-8-17-13)6-11-14(22)19(9(2)20)7-12(21)18-11/h5-6,8H,1,7H2,2-4H3,(H,16,17)(H,18,21). The molecule has 1 aliphatic heterocycles. The molecule has 0 saturated carbocycles. The molecule has 116 valence electrons. The molecule has 7 heteroatoms. The van der Waals surface area contributed by atoms with Gasteiger partial charge in [-0.15, -0.1) is 6.58 Å².